The van der Waals surface area contributed by atoms with E-state index in [4.69, 9.17) is 8.85 Å². The molecule has 3 nitrogen and oxygen atoms in total. The van der Waals surface area contributed by atoms with E-state index in [0.29, 0.717) is 15.7 Å². The first-order chi connectivity index (χ1) is 11.7. The second-order valence-corrected chi connectivity index (χ2v) is 19.9. The summed E-state index contributed by atoms with van der Waals surface area (Å²) in [5, 5.41) is 0.102. The first kappa shape index (κ1) is 24.2. The van der Waals surface area contributed by atoms with Crippen molar-refractivity contribution in [1.29, 1.82) is 0 Å². The monoisotopic (exact) mass is 511 g/mol. The van der Waals surface area contributed by atoms with Crippen LogP contribution in [0.4, 0.5) is 4.39 Å². The van der Waals surface area contributed by atoms with Crippen molar-refractivity contribution < 1.29 is 13.2 Å². The van der Waals surface area contributed by atoms with Gasteiger partial charge in [0.2, 0.25) is 0 Å². The molecule has 0 saturated carbocycles. The second kappa shape index (κ2) is 9.11. The summed E-state index contributed by atoms with van der Waals surface area (Å²) in [5.41, 5.74) is 1.36. The number of nitrogens with zero attached hydrogens (tertiary/aromatic N) is 1. The normalized spacial score (nSPS) is 14.8. The van der Waals surface area contributed by atoms with Crippen LogP contribution in [0.3, 0.4) is 0 Å². The van der Waals surface area contributed by atoms with Crippen molar-refractivity contribution in [2.45, 2.75) is 83.9 Å². The maximum atomic E-state index is 13.7. The Morgan fingerprint density at radius 1 is 1.19 bits per heavy atom. The van der Waals surface area contributed by atoms with Gasteiger partial charge in [-0.2, -0.15) is 0 Å². The predicted molar refractivity (Wildman–Crippen MR) is 121 cm³/mol. The van der Waals surface area contributed by atoms with E-state index in [9.17, 15) is 4.39 Å². The second-order valence-electron chi connectivity index (χ2n) is 9.29. The highest BCUT2D eigenvalue weighted by Gasteiger charge is 2.40. The van der Waals surface area contributed by atoms with Crippen molar-refractivity contribution >= 4 is 39.2 Å². The maximum Gasteiger partial charge on any atom is 0.192 e. The smallest absolute Gasteiger partial charge is 0.192 e. The molecule has 0 bridgehead atoms. The third-order valence-electron chi connectivity index (χ3n) is 5.65. The third-order valence-corrected chi connectivity index (χ3v) is 14.7. The largest absolute Gasteiger partial charge is 0.417 e. The summed E-state index contributed by atoms with van der Waals surface area (Å²) in [6.45, 7) is 20.7. The summed E-state index contributed by atoms with van der Waals surface area (Å²) in [5.74, 6) is -0.287. The summed E-state index contributed by atoms with van der Waals surface area (Å²) in [6.07, 6.45) is 1.87. The number of rotatable bonds is 8. The molecule has 0 aliphatic rings. The molecule has 0 aromatic carbocycles. The lowest BCUT2D eigenvalue weighted by Gasteiger charge is -2.39. The van der Waals surface area contributed by atoms with Crippen molar-refractivity contribution in [2.75, 3.05) is 6.61 Å². The molecule has 0 aliphatic heterocycles. The Balaban J connectivity index is 3.00. The number of aromatic nitrogens is 1. The van der Waals surface area contributed by atoms with E-state index in [1.165, 1.54) is 6.20 Å². The third kappa shape index (κ3) is 6.65. The van der Waals surface area contributed by atoms with Gasteiger partial charge in [0.1, 0.15) is 0 Å². The fraction of sp³-hybridized carbons (Fsp3) is 0.737. The zero-order valence-electron chi connectivity index (χ0n) is 17.7. The van der Waals surface area contributed by atoms with Crippen molar-refractivity contribution in [3.05, 3.63) is 27.3 Å². The van der Waals surface area contributed by atoms with Crippen molar-refractivity contribution in [2.24, 2.45) is 0 Å². The van der Waals surface area contributed by atoms with Crippen LogP contribution in [-0.2, 0) is 8.85 Å². The average molecular weight is 512 g/mol. The Kier molecular flexibility index (Phi) is 8.48. The van der Waals surface area contributed by atoms with Crippen molar-refractivity contribution in [3.8, 4) is 0 Å². The van der Waals surface area contributed by atoms with Crippen LogP contribution >= 0.6 is 22.6 Å². The minimum absolute atomic E-state index is 0.102. The molecule has 0 aliphatic carbocycles. The lowest BCUT2D eigenvalue weighted by Crippen LogP contribution is -2.42. The van der Waals surface area contributed by atoms with Crippen molar-refractivity contribution in [3.63, 3.8) is 0 Å². The first-order valence-corrected chi connectivity index (χ1v) is 16.3. The SMILES string of the molecule is CC(C)[Si](C)(C)OCCC(O[Si](C)(C)C(C)(C)C)c1cc(I)c(F)cn1. The van der Waals surface area contributed by atoms with Gasteiger partial charge in [-0.15, -0.1) is 0 Å². The van der Waals surface area contributed by atoms with E-state index in [1.54, 1.807) is 6.07 Å². The number of hydrogen-bond donors (Lipinski definition) is 0. The highest BCUT2D eigenvalue weighted by molar-refractivity contribution is 14.1. The molecule has 0 radical (unpaired) electrons. The van der Waals surface area contributed by atoms with Crippen molar-refractivity contribution in [1.82, 2.24) is 4.98 Å². The lowest BCUT2D eigenvalue weighted by atomic mass is 10.2. The van der Waals surface area contributed by atoms with E-state index in [2.05, 4.69) is 65.8 Å². The molecule has 0 N–H and O–H groups in total. The van der Waals surface area contributed by atoms with Crippen LogP contribution in [0.25, 0.3) is 0 Å². The van der Waals surface area contributed by atoms with Crippen LogP contribution in [0.1, 0.15) is 52.8 Å². The van der Waals surface area contributed by atoms with Gasteiger partial charge < -0.3 is 8.85 Å². The van der Waals surface area contributed by atoms with Gasteiger partial charge in [-0.05, 0) is 65.4 Å². The molecule has 0 fully saturated rings. The summed E-state index contributed by atoms with van der Waals surface area (Å²) < 4.78 is 27.2. The lowest BCUT2D eigenvalue weighted by molar-refractivity contribution is 0.140. The topological polar surface area (TPSA) is 31.4 Å². The Bertz CT molecular complexity index is 604. The van der Waals surface area contributed by atoms with Crippen LogP contribution in [-0.4, -0.2) is 28.2 Å². The molecular weight excluding hydrogens is 476 g/mol. The Hall–Kier alpha value is 0.164. The molecule has 26 heavy (non-hydrogen) atoms. The highest BCUT2D eigenvalue weighted by Crippen LogP contribution is 2.40. The van der Waals surface area contributed by atoms with Crippen LogP contribution < -0.4 is 0 Å². The molecule has 1 aromatic rings. The molecule has 1 aromatic heterocycles. The Labute approximate surface area is 174 Å². The Morgan fingerprint density at radius 2 is 1.77 bits per heavy atom. The van der Waals surface area contributed by atoms with Gasteiger partial charge in [-0.3, -0.25) is 4.98 Å². The average Bonchev–Trinajstić information content (AvgIpc) is 2.47. The quantitative estimate of drug-likeness (QED) is 0.281. The summed E-state index contributed by atoms with van der Waals surface area (Å²) in [7, 11) is -3.67. The number of pyridine rings is 1. The fourth-order valence-electron chi connectivity index (χ4n) is 2.00. The molecule has 0 spiro atoms. The molecule has 0 amide bonds. The number of halogens is 2. The van der Waals surface area contributed by atoms with Gasteiger partial charge in [-0.25, -0.2) is 4.39 Å². The Morgan fingerprint density at radius 3 is 2.23 bits per heavy atom. The van der Waals surface area contributed by atoms with Gasteiger partial charge in [0.05, 0.1) is 21.6 Å². The van der Waals surface area contributed by atoms with E-state index in [0.717, 1.165) is 12.1 Å². The molecule has 7 heteroatoms. The highest BCUT2D eigenvalue weighted by atomic mass is 127. The van der Waals surface area contributed by atoms with E-state index in [-0.39, 0.29) is 17.0 Å². The molecule has 1 heterocycles. The van der Waals surface area contributed by atoms with Gasteiger partial charge in [-0.1, -0.05) is 34.6 Å². The minimum Gasteiger partial charge on any atom is -0.417 e. The molecule has 1 unspecified atom stereocenters. The maximum absolute atomic E-state index is 13.7. The molecule has 1 rings (SSSR count). The number of hydrogen-bond acceptors (Lipinski definition) is 3. The molecule has 1 atom stereocenters. The van der Waals surface area contributed by atoms with Gasteiger partial charge in [0.15, 0.2) is 22.5 Å². The minimum atomic E-state index is -1.98. The van der Waals surface area contributed by atoms with E-state index in [1.807, 2.05) is 22.6 Å². The first-order valence-electron chi connectivity index (χ1n) is 9.30. The van der Waals surface area contributed by atoms with Crippen LogP contribution in [0, 0.1) is 9.39 Å². The van der Waals surface area contributed by atoms with Gasteiger partial charge in [0, 0.05) is 13.0 Å². The van der Waals surface area contributed by atoms with Crippen LogP contribution in [0.2, 0.25) is 36.8 Å². The zero-order valence-corrected chi connectivity index (χ0v) is 21.9. The fourth-order valence-corrected chi connectivity index (χ4v) is 4.74. The predicted octanol–water partition coefficient (Wildman–Crippen LogP) is 6.91. The van der Waals surface area contributed by atoms with Gasteiger partial charge >= 0.3 is 0 Å². The summed E-state index contributed by atoms with van der Waals surface area (Å²) in [6, 6.07) is 1.80. The summed E-state index contributed by atoms with van der Waals surface area (Å²) >= 11 is 2.01. The van der Waals surface area contributed by atoms with Gasteiger partial charge in [0.25, 0.3) is 0 Å². The van der Waals surface area contributed by atoms with E-state index >= 15 is 0 Å². The molecule has 0 saturated heterocycles. The molecular formula is C19H35FINO2Si2. The zero-order chi connectivity index (χ0) is 20.3. The standard InChI is InChI=1S/C19H35FINO2Si2/c1-14(2)25(6,7)23-11-10-18(24-26(8,9)19(3,4)5)17-12-16(21)15(20)13-22-17/h12-14,18H,10-11H2,1-9H3. The summed E-state index contributed by atoms with van der Waals surface area (Å²) in [4.78, 5) is 4.33. The van der Waals surface area contributed by atoms with Crippen LogP contribution in [0.15, 0.2) is 12.3 Å². The van der Waals surface area contributed by atoms with Crippen LogP contribution in [0.5, 0.6) is 0 Å². The van der Waals surface area contributed by atoms with E-state index < -0.39 is 16.6 Å². The molecule has 150 valence electrons.